The number of nitrogen functional groups attached to an aromatic ring is 1. The first kappa shape index (κ1) is 66.1. The number of nitrogens with zero attached hydrogens (tertiary/aromatic N) is 7. The van der Waals surface area contributed by atoms with Crippen molar-refractivity contribution in [1.82, 2.24) is 22.6 Å². The number of aromatic nitrogens is 5. The number of rotatable bonds is 5. The quantitative estimate of drug-likeness (QED) is 0.0321. The Morgan fingerprint density at radius 3 is 1.53 bits per heavy atom. The van der Waals surface area contributed by atoms with Crippen LogP contribution in [0.4, 0.5) is 16.2 Å². The first-order chi connectivity index (χ1) is 35.8. The monoisotopic (exact) mass is 1090 g/mol. The molecule has 0 amide bonds. The topological polar surface area (TPSA) is 261 Å². The van der Waals surface area contributed by atoms with Crippen LogP contribution in [0, 0.1) is 49.6 Å². The fraction of sp³-hybridized carbons (Fsp3) is 0.208. The third kappa shape index (κ3) is 19.4. The summed E-state index contributed by atoms with van der Waals surface area (Å²) in [6, 6.07) is 32.8. The maximum atomic E-state index is 11.6. The van der Waals surface area contributed by atoms with Crippen molar-refractivity contribution in [2.45, 2.75) is 41.5 Å². The van der Waals surface area contributed by atoms with E-state index in [0.717, 1.165) is 33.2 Å². The van der Waals surface area contributed by atoms with Gasteiger partial charge in [-0.2, -0.15) is 0 Å². The maximum Gasteiger partial charge on any atom is 1.00 e. The summed E-state index contributed by atoms with van der Waals surface area (Å²) in [7, 11) is 5.28. The number of nitroso groups, excluding NO2 is 1. The van der Waals surface area contributed by atoms with Gasteiger partial charge in [-0.05, 0) is 131 Å². The molecule has 0 saturated heterocycles. The predicted molar refractivity (Wildman–Crippen MR) is 290 cm³/mol. The summed E-state index contributed by atoms with van der Waals surface area (Å²) in [6.07, 6.45) is 11.3. The Kier molecular flexibility index (Phi) is 30.1. The SMILES string of the molecule is CC(=O)CCl.COC(=O)Cl.COC(=O)c1c(C)c(N)c2ccccn12.COC(=O)c1c(C)c(N=O)c2ccccn12.COC(=O)c1c(C)cc2ccccn12.Cc1cc2ccccn2c1.Cc1ccccn1.O=N[O-].[Na+]. The molecule has 9 aromatic rings. The molecule has 9 heterocycles. The standard InChI is InChI=1S/C11H10N2O3.C11H12N2O2.C11H11NO2.C9H9N.C6H7N.C3H5ClO.C2H3ClO2.HNO2.Na/c1-7-9(12-15)8-5-3-4-6-13(8)10(7)11(14)16-2;1-7-9(12)8-5-3-4-6-13(8)10(7)11(14)15-2;1-8-7-9-5-3-4-6-12(9)10(8)11(13)14-2;1-8-6-9-4-2-3-5-10(9)7-8;1-6-4-2-3-5-7-6;1-3(5)2-4;1-5-2(3)4;2-1-3;/h3-6H,1-2H3;3-6H,12H2,1-2H3;3-7H,1-2H3;2-7H,1H3;2-5H,1H3;2H2,1H3;1H3;(H,2,3);/q;;;;;;;;+1/p-1. The summed E-state index contributed by atoms with van der Waals surface area (Å²) < 4.78 is 25.3. The molecule has 2 N–H and O–H groups in total. The number of carbonyl (C=O) groups is 5. The average molecular weight is 1090 g/mol. The molecule has 9 aromatic heterocycles. The number of hydrogen-bond donors (Lipinski definition) is 1. The van der Waals surface area contributed by atoms with E-state index >= 15 is 0 Å². The minimum absolute atomic E-state index is 0. The number of pyridine rings is 5. The Morgan fingerprint density at radius 2 is 1.08 bits per heavy atom. The van der Waals surface area contributed by atoms with Crippen molar-refractivity contribution >= 4 is 85.8 Å². The van der Waals surface area contributed by atoms with Gasteiger partial charge < -0.3 is 52.4 Å². The molecule has 0 saturated carbocycles. The van der Waals surface area contributed by atoms with Crippen molar-refractivity contribution in [3.63, 3.8) is 0 Å². The normalized spacial score (nSPS) is 9.47. The van der Waals surface area contributed by atoms with Gasteiger partial charge in [0.25, 0.3) is 0 Å². The van der Waals surface area contributed by atoms with Crippen LogP contribution in [0.3, 0.4) is 0 Å². The van der Waals surface area contributed by atoms with E-state index in [1.807, 2.05) is 98.1 Å². The van der Waals surface area contributed by atoms with Crippen LogP contribution in [0.1, 0.15) is 66.3 Å². The zero-order valence-electron chi connectivity index (χ0n) is 43.8. The van der Waals surface area contributed by atoms with Gasteiger partial charge in [0.2, 0.25) is 0 Å². The molecule has 0 atom stereocenters. The van der Waals surface area contributed by atoms with Crippen LogP contribution in [0.25, 0.3) is 22.1 Å². The number of esters is 3. The Morgan fingerprint density at radius 1 is 0.632 bits per heavy atom. The number of Topliss-reactive ketones (excluding diaryl/α,β-unsaturated/α-hetero) is 1. The van der Waals surface area contributed by atoms with Crippen molar-refractivity contribution in [2.24, 2.45) is 10.5 Å². The van der Waals surface area contributed by atoms with Crippen LogP contribution in [-0.2, 0) is 23.7 Å². The van der Waals surface area contributed by atoms with Crippen LogP contribution < -0.4 is 35.3 Å². The summed E-state index contributed by atoms with van der Waals surface area (Å²) in [5.41, 5.74) is 15.8. The van der Waals surface area contributed by atoms with Gasteiger partial charge in [-0.15, -0.1) is 21.8 Å². The molecule has 0 spiro atoms. The van der Waals surface area contributed by atoms with E-state index in [9.17, 15) is 28.9 Å². The molecule has 20 nitrogen and oxygen atoms in total. The van der Waals surface area contributed by atoms with Gasteiger partial charge in [-0.25, -0.2) is 19.2 Å². The Labute approximate surface area is 470 Å². The third-order valence-electron chi connectivity index (χ3n) is 10.1. The number of ether oxygens (including phenoxy) is 4. The molecule has 76 heavy (non-hydrogen) atoms. The fourth-order valence-corrected chi connectivity index (χ4v) is 6.75. The van der Waals surface area contributed by atoms with Gasteiger partial charge in [-0.3, -0.25) is 9.78 Å². The molecule has 0 bridgehead atoms. The van der Waals surface area contributed by atoms with Crippen molar-refractivity contribution < 1.29 is 72.5 Å². The fourth-order valence-electron chi connectivity index (χ4n) is 6.75. The Bertz CT molecular complexity index is 3270. The smallest absolute Gasteiger partial charge is 0.464 e. The van der Waals surface area contributed by atoms with E-state index < -0.39 is 11.4 Å². The second-order valence-electron chi connectivity index (χ2n) is 15.2. The first-order valence-electron chi connectivity index (χ1n) is 22.1. The third-order valence-corrected chi connectivity index (χ3v) is 10.6. The van der Waals surface area contributed by atoms with Crippen LogP contribution >= 0.6 is 23.2 Å². The minimum Gasteiger partial charge on any atom is -0.464 e. The van der Waals surface area contributed by atoms with Crippen LogP contribution in [0.2, 0.25) is 0 Å². The number of halogens is 2. The summed E-state index contributed by atoms with van der Waals surface area (Å²) in [5.74, 6) is -0.987. The van der Waals surface area contributed by atoms with E-state index in [1.54, 1.807) is 52.5 Å². The molecule has 396 valence electrons. The largest absolute Gasteiger partial charge is 1.00 e. The summed E-state index contributed by atoms with van der Waals surface area (Å²) in [6.45, 7) is 10.9. The number of nitrogens with two attached hydrogens (primary N) is 1. The molecule has 0 fully saturated rings. The molecule has 0 aliphatic rings. The molecule has 9 rings (SSSR count). The number of methoxy groups -OCH3 is 4. The second kappa shape index (κ2) is 34.6. The van der Waals surface area contributed by atoms with Crippen LogP contribution in [0.5, 0.6) is 0 Å². The molecular formula is C53H57Cl2N8NaO12. The zero-order chi connectivity index (χ0) is 56.2. The van der Waals surface area contributed by atoms with Gasteiger partial charge in [0, 0.05) is 76.6 Å². The number of fused-ring (bicyclic) bond motifs is 4. The van der Waals surface area contributed by atoms with Crippen LogP contribution in [-0.4, -0.2) is 86.0 Å². The van der Waals surface area contributed by atoms with Gasteiger partial charge in [-0.1, -0.05) is 30.3 Å². The first-order valence-corrected chi connectivity index (χ1v) is 23.0. The molecule has 23 heteroatoms. The molecule has 0 radical (unpaired) electrons. The molecule has 0 aliphatic heterocycles. The van der Waals surface area contributed by atoms with Crippen molar-refractivity contribution in [1.29, 1.82) is 0 Å². The predicted octanol–water partition coefficient (Wildman–Crippen LogP) is 8.78. The Balaban J connectivity index is 0.000000454. The van der Waals surface area contributed by atoms with E-state index in [0.29, 0.717) is 33.8 Å². The number of anilines is 1. The molecular weight excluding hydrogens is 1030 g/mol. The molecule has 0 aliphatic carbocycles. The number of aryl methyl sites for hydroxylation is 3. The minimum atomic E-state index is -0.773. The number of alkyl halides is 1. The van der Waals surface area contributed by atoms with Gasteiger partial charge in [0.15, 0.2) is 0 Å². The van der Waals surface area contributed by atoms with Gasteiger partial charge in [0.05, 0.1) is 51.0 Å². The Hall–Kier alpha value is -7.88. The zero-order valence-corrected chi connectivity index (χ0v) is 47.4. The number of ketones is 1. The van der Waals surface area contributed by atoms with E-state index in [-0.39, 0.29) is 58.8 Å². The van der Waals surface area contributed by atoms with Gasteiger partial charge >= 0.3 is 52.9 Å². The number of hydrogen-bond acceptors (Lipinski definition) is 16. The van der Waals surface area contributed by atoms with E-state index in [2.05, 4.69) is 73.2 Å². The second-order valence-corrected chi connectivity index (χ2v) is 15.8. The van der Waals surface area contributed by atoms with E-state index in [4.69, 9.17) is 36.9 Å². The van der Waals surface area contributed by atoms with Crippen LogP contribution in [0.15, 0.2) is 151 Å². The van der Waals surface area contributed by atoms with Crippen molar-refractivity contribution in [3.05, 3.63) is 200 Å². The average Bonchev–Trinajstić information content (AvgIpc) is 4.13. The molecule has 0 aromatic carbocycles. The summed E-state index contributed by atoms with van der Waals surface area (Å²) in [4.78, 5) is 76.4. The summed E-state index contributed by atoms with van der Waals surface area (Å²) >= 11 is 9.59. The van der Waals surface area contributed by atoms with E-state index in [1.165, 1.54) is 46.4 Å². The summed E-state index contributed by atoms with van der Waals surface area (Å²) in [5, 5.41) is 12.0. The molecule has 0 unspecified atom stereocenters. The van der Waals surface area contributed by atoms with Crippen molar-refractivity contribution in [2.75, 3.05) is 40.1 Å². The van der Waals surface area contributed by atoms with Gasteiger partial charge in [0.1, 0.15) is 28.6 Å². The number of carbonyl (C=O) groups excluding carboxylic acids is 5. The van der Waals surface area contributed by atoms with Crippen molar-refractivity contribution in [3.8, 4) is 0 Å². The maximum absolute atomic E-state index is 11.6.